The monoisotopic (exact) mass is 530 g/mol. The minimum atomic E-state index is 0. The van der Waals surface area contributed by atoms with Crippen LogP contribution < -0.4 is 14.8 Å². The number of hydrogen-bond donors (Lipinski definition) is 1. The van der Waals surface area contributed by atoms with E-state index in [1.807, 2.05) is 0 Å². The highest BCUT2D eigenvalue weighted by atomic mass is 127. The number of aliphatic imine (C=N–C) groups is 1. The van der Waals surface area contributed by atoms with Crippen LogP contribution in [0.5, 0.6) is 11.5 Å². The summed E-state index contributed by atoms with van der Waals surface area (Å²) in [6, 6.07) is 4.24. The summed E-state index contributed by atoms with van der Waals surface area (Å²) in [5.74, 6) is 3.37. The van der Waals surface area contributed by atoms with Gasteiger partial charge in [-0.05, 0) is 81.4 Å². The molecule has 0 radical (unpaired) electrons. The number of halogens is 1. The second-order valence-corrected chi connectivity index (χ2v) is 8.13. The molecule has 2 aliphatic heterocycles. The van der Waals surface area contributed by atoms with Crippen molar-refractivity contribution in [1.29, 1.82) is 0 Å². The number of rotatable bonds is 7. The van der Waals surface area contributed by atoms with Gasteiger partial charge in [-0.15, -0.1) is 24.0 Å². The van der Waals surface area contributed by atoms with E-state index >= 15 is 0 Å². The highest BCUT2D eigenvalue weighted by Gasteiger charge is 2.23. The zero-order valence-electron chi connectivity index (χ0n) is 19.1. The van der Waals surface area contributed by atoms with Crippen LogP contribution in [0, 0.1) is 5.92 Å². The second-order valence-electron chi connectivity index (χ2n) is 8.13. The Morgan fingerprint density at radius 3 is 2.33 bits per heavy atom. The molecular weight excluding hydrogens is 491 g/mol. The molecule has 0 spiro atoms. The van der Waals surface area contributed by atoms with Crippen LogP contribution in [0.25, 0.3) is 0 Å². The van der Waals surface area contributed by atoms with Crippen molar-refractivity contribution in [3.8, 4) is 11.5 Å². The lowest BCUT2D eigenvalue weighted by Gasteiger charge is -2.33. The van der Waals surface area contributed by atoms with Gasteiger partial charge in [0, 0.05) is 26.2 Å². The zero-order valence-corrected chi connectivity index (χ0v) is 21.4. The lowest BCUT2D eigenvalue weighted by Crippen LogP contribution is -2.44. The number of nitrogens with zero attached hydrogens (tertiary/aromatic N) is 3. The van der Waals surface area contributed by atoms with Gasteiger partial charge in [-0.2, -0.15) is 0 Å². The van der Waals surface area contributed by atoms with Crippen LogP contribution >= 0.6 is 24.0 Å². The van der Waals surface area contributed by atoms with Crippen molar-refractivity contribution in [2.75, 3.05) is 53.5 Å². The molecule has 0 aromatic heterocycles. The van der Waals surface area contributed by atoms with E-state index in [2.05, 4.69) is 41.1 Å². The van der Waals surface area contributed by atoms with Crippen LogP contribution in [-0.2, 0) is 13.0 Å². The molecule has 6 nitrogen and oxygen atoms in total. The maximum Gasteiger partial charge on any atom is 0.194 e. The molecule has 0 aliphatic carbocycles. The van der Waals surface area contributed by atoms with Crippen LogP contribution in [0.1, 0.15) is 44.2 Å². The molecule has 1 fully saturated rings. The summed E-state index contributed by atoms with van der Waals surface area (Å²) in [4.78, 5) is 10.0. The third-order valence-corrected chi connectivity index (χ3v) is 6.10. The summed E-state index contributed by atoms with van der Waals surface area (Å²) in [6.45, 7) is 11.7. The molecule has 1 aromatic carbocycles. The largest absolute Gasteiger partial charge is 0.493 e. The van der Waals surface area contributed by atoms with Crippen molar-refractivity contribution < 1.29 is 9.47 Å². The molecule has 170 valence electrons. The molecule has 7 heteroatoms. The van der Waals surface area contributed by atoms with Gasteiger partial charge in [-0.25, -0.2) is 0 Å². The lowest BCUT2D eigenvalue weighted by atomic mass is 9.97. The van der Waals surface area contributed by atoms with Gasteiger partial charge in [-0.3, -0.25) is 4.99 Å². The number of nitrogens with one attached hydrogen (secondary N) is 1. The topological polar surface area (TPSA) is 49.3 Å². The molecule has 30 heavy (non-hydrogen) atoms. The molecule has 0 atom stereocenters. The predicted molar refractivity (Wildman–Crippen MR) is 135 cm³/mol. The van der Waals surface area contributed by atoms with E-state index in [1.165, 1.54) is 50.0 Å². The second kappa shape index (κ2) is 12.6. The minimum absolute atomic E-state index is 0. The number of ether oxygens (including phenoxy) is 2. The SMILES string of the molecule is CCCN1CCC(CN=C(NCC)N2CCc3cc(OC)c(OC)cc3C2)CC1.I. The van der Waals surface area contributed by atoms with Gasteiger partial charge in [0.15, 0.2) is 17.5 Å². The van der Waals surface area contributed by atoms with Gasteiger partial charge in [0.05, 0.1) is 14.2 Å². The molecule has 0 saturated carbocycles. The van der Waals surface area contributed by atoms with Crippen LogP contribution in [0.15, 0.2) is 17.1 Å². The van der Waals surface area contributed by atoms with Crippen LogP contribution in [0.2, 0.25) is 0 Å². The Hall–Kier alpha value is -1.22. The average Bonchev–Trinajstić information content (AvgIpc) is 2.76. The number of benzene rings is 1. The summed E-state index contributed by atoms with van der Waals surface area (Å²) < 4.78 is 11.0. The van der Waals surface area contributed by atoms with Crippen molar-refractivity contribution in [2.24, 2.45) is 10.9 Å². The predicted octanol–water partition coefficient (Wildman–Crippen LogP) is 3.77. The number of hydrogen-bond acceptors (Lipinski definition) is 4. The Labute approximate surface area is 199 Å². The average molecular weight is 530 g/mol. The van der Waals surface area contributed by atoms with Gasteiger partial charge in [-0.1, -0.05) is 6.92 Å². The Balaban J connectivity index is 0.00000320. The number of piperidine rings is 1. The molecule has 2 heterocycles. The fourth-order valence-corrected chi connectivity index (χ4v) is 4.41. The van der Waals surface area contributed by atoms with E-state index < -0.39 is 0 Å². The van der Waals surface area contributed by atoms with Crippen LogP contribution in [0.3, 0.4) is 0 Å². The first-order valence-electron chi connectivity index (χ1n) is 11.2. The number of fused-ring (bicyclic) bond motifs is 1. The summed E-state index contributed by atoms with van der Waals surface area (Å²) in [5.41, 5.74) is 2.64. The fourth-order valence-electron chi connectivity index (χ4n) is 4.41. The summed E-state index contributed by atoms with van der Waals surface area (Å²) in [5, 5.41) is 3.51. The van der Waals surface area contributed by atoms with Crippen molar-refractivity contribution in [3.63, 3.8) is 0 Å². The number of likely N-dealkylation sites (tertiary alicyclic amines) is 1. The van der Waals surface area contributed by atoms with E-state index in [1.54, 1.807) is 14.2 Å². The highest BCUT2D eigenvalue weighted by Crippen LogP contribution is 2.33. The maximum atomic E-state index is 5.50. The highest BCUT2D eigenvalue weighted by molar-refractivity contribution is 14.0. The Bertz CT molecular complexity index is 690. The van der Waals surface area contributed by atoms with Gasteiger partial charge in [0.1, 0.15) is 0 Å². The van der Waals surface area contributed by atoms with Gasteiger partial charge in [0.2, 0.25) is 0 Å². The molecule has 2 aliphatic rings. The van der Waals surface area contributed by atoms with E-state index in [0.29, 0.717) is 5.92 Å². The van der Waals surface area contributed by atoms with Crippen LogP contribution in [0.4, 0.5) is 0 Å². The maximum absolute atomic E-state index is 5.50. The fraction of sp³-hybridized carbons (Fsp3) is 0.696. The Morgan fingerprint density at radius 1 is 1.07 bits per heavy atom. The zero-order chi connectivity index (χ0) is 20.6. The van der Waals surface area contributed by atoms with Gasteiger partial charge >= 0.3 is 0 Å². The molecule has 1 saturated heterocycles. The summed E-state index contributed by atoms with van der Waals surface area (Å²) in [6.07, 6.45) is 4.78. The molecule has 0 amide bonds. The van der Waals surface area contributed by atoms with E-state index in [4.69, 9.17) is 14.5 Å². The number of guanidine groups is 1. The third kappa shape index (κ3) is 6.39. The first kappa shape index (κ1) is 25.0. The minimum Gasteiger partial charge on any atom is -0.493 e. The first-order chi connectivity index (χ1) is 14.2. The number of methoxy groups -OCH3 is 2. The third-order valence-electron chi connectivity index (χ3n) is 6.10. The van der Waals surface area contributed by atoms with Crippen LogP contribution in [-0.4, -0.2) is 69.2 Å². The summed E-state index contributed by atoms with van der Waals surface area (Å²) >= 11 is 0. The molecule has 0 bridgehead atoms. The first-order valence-corrected chi connectivity index (χ1v) is 11.2. The Morgan fingerprint density at radius 2 is 1.73 bits per heavy atom. The van der Waals surface area contributed by atoms with E-state index in [9.17, 15) is 0 Å². The van der Waals surface area contributed by atoms with Gasteiger partial charge in [0.25, 0.3) is 0 Å². The van der Waals surface area contributed by atoms with E-state index in [0.717, 1.165) is 50.1 Å². The molecule has 1 N–H and O–H groups in total. The molecule has 1 aromatic rings. The van der Waals surface area contributed by atoms with E-state index in [-0.39, 0.29) is 24.0 Å². The molecule has 0 unspecified atom stereocenters. The molecular formula is C23H39IN4O2. The van der Waals surface area contributed by atoms with Crippen molar-refractivity contribution in [3.05, 3.63) is 23.3 Å². The van der Waals surface area contributed by atoms with Gasteiger partial charge < -0.3 is 24.6 Å². The standard InChI is InChI=1S/C23H38N4O2.HI/c1-5-10-26-11-7-18(8-12-26)16-25-23(24-6-2)27-13-9-19-14-21(28-3)22(29-4)15-20(19)17-27;/h14-15,18H,5-13,16-17H2,1-4H3,(H,24,25);1H. The van der Waals surface area contributed by atoms with Crippen molar-refractivity contribution in [2.45, 2.75) is 46.1 Å². The Kier molecular flexibility index (Phi) is 10.5. The smallest absolute Gasteiger partial charge is 0.194 e. The normalized spacial score (nSPS) is 17.9. The summed E-state index contributed by atoms with van der Waals surface area (Å²) in [7, 11) is 3.39. The molecule has 3 rings (SSSR count). The van der Waals surface area contributed by atoms with Crippen molar-refractivity contribution in [1.82, 2.24) is 15.1 Å². The lowest BCUT2D eigenvalue weighted by molar-refractivity contribution is 0.188. The van der Waals surface area contributed by atoms with Crippen molar-refractivity contribution >= 4 is 29.9 Å². The quantitative estimate of drug-likeness (QED) is 0.331.